The van der Waals surface area contributed by atoms with Crippen LogP contribution in [-0.2, 0) is 0 Å². The first-order valence-electron chi connectivity index (χ1n) is 4.99. The van der Waals surface area contributed by atoms with Crippen LogP contribution in [0, 0.1) is 0 Å². The largest absolute Gasteiger partial charge is 0.496 e. The summed E-state index contributed by atoms with van der Waals surface area (Å²) in [6.45, 7) is 0. The predicted octanol–water partition coefficient (Wildman–Crippen LogP) is 2.43. The van der Waals surface area contributed by atoms with Crippen molar-refractivity contribution in [3.8, 4) is 5.75 Å². The quantitative estimate of drug-likeness (QED) is 0.893. The number of halogens is 4. The fourth-order valence-electron chi connectivity index (χ4n) is 1.44. The normalized spacial score (nSPS) is 14.6. The van der Waals surface area contributed by atoms with Crippen LogP contribution in [0.25, 0.3) is 0 Å². The summed E-state index contributed by atoms with van der Waals surface area (Å²) in [4.78, 5) is 0. The second-order valence-electron chi connectivity index (χ2n) is 3.64. The van der Waals surface area contributed by atoms with E-state index in [0.29, 0.717) is 11.3 Å². The lowest BCUT2D eigenvalue weighted by molar-refractivity contribution is -0.153. The van der Waals surface area contributed by atoms with Crippen LogP contribution in [-0.4, -0.2) is 24.4 Å². The van der Waals surface area contributed by atoms with Crippen molar-refractivity contribution in [2.24, 2.45) is 5.73 Å². The molecule has 1 aromatic rings. The van der Waals surface area contributed by atoms with E-state index in [9.17, 15) is 18.3 Å². The van der Waals surface area contributed by atoms with E-state index < -0.39 is 24.7 Å². The maximum absolute atomic E-state index is 12.2. The monoisotopic (exact) mass is 285 g/mol. The third-order valence-electron chi connectivity index (χ3n) is 2.40. The summed E-state index contributed by atoms with van der Waals surface area (Å²) in [7, 11) is 1.38. The minimum atomic E-state index is -4.51. The zero-order chi connectivity index (χ0) is 13.1. The highest BCUT2D eigenvalue weighted by Crippen LogP contribution is 2.31. The fraction of sp³-hybridized carbons (Fsp3) is 0.455. The Hall–Kier alpha value is -0.980. The minimum absolute atomic E-state index is 0. The molecule has 2 atom stereocenters. The van der Waals surface area contributed by atoms with Crippen molar-refractivity contribution < 1.29 is 23.0 Å². The van der Waals surface area contributed by atoms with Gasteiger partial charge in [0.2, 0.25) is 0 Å². The van der Waals surface area contributed by atoms with Crippen LogP contribution >= 0.6 is 12.4 Å². The van der Waals surface area contributed by atoms with Gasteiger partial charge < -0.3 is 15.6 Å². The summed E-state index contributed by atoms with van der Waals surface area (Å²) in [5.74, 6) is 0.342. The average Bonchev–Trinajstić information content (AvgIpc) is 2.27. The summed E-state index contributed by atoms with van der Waals surface area (Å²) >= 11 is 0. The molecule has 18 heavy (non-hydrogen) atoms. The highest BCUT2D eigenvalue weighted by molar-refractivity contribution is 5.85. The third-order valence-corrected chi connectivity index (χ3v) is 2.40. The standard InChI is InChI=1S/C11H14F3NO2.ClH/c1-17-9-5-3-2-4-7(9)8(16)6-10(15)11(12,13)14;/h2-5,8,10,16H,6,15H2,1H3;1H/t8-,10+;/m1./s1. The maximum atomic E-state index is 12.2. The second kappa shape index (κ2) is 6.82. The van der Waals surface area contributed by atoms with E-state index in [1.807, 2.05) is 0 Å². The first-order chi connectivity index (χ1) is 7.86. The van der Waals surface area contributed by atoms with Crippen LogP contribution in [0.5, 0.6) is 5.75 Å². The Balaban J connectivity index is 0.00000289. The topological polar surface area (TPSA) is 55.5 Å². The van der Waals surface area contributed by atoms with Gasteiger partial charge in [-0.3, -0.25) is 0 Å². The molecule has 0 bridgehead atoms. The molecule has 1 rings (SSSR count). The molecule has 0 amide bonds. The van der Waals surface area contributed by atoms with Crippen LogP contribution in [0.1, 0.15) is 18.1 Å². The minimum Gasteiger partial charge on any atom is -0.496 e. The summed E-state index contributed by atoms with van der Waals surface area (Å²) in [5.41, 5.74) is 5.26. The molecular weight excluding hydrogens is 271 g/mol. The van der Waals surface area contributed by atoms with Crippen molar-refractivity contribution in [1.82, 2.24) is 0 Å². The van der Waals surface area contributed by atoms with Crippen molar-refractivity contribution in [1.29, 1.82) is 0 Å². The summed E-state index contributed by atoms with van der Waals surface area (Å²) in [5, 5.41) is 9.71. The Morgan fingerprint density at radius 3 is 2.39 bits per heavy atom. The SMILES string of the molecule is COc1ccccc1[C@H](O)C[C@H](N)C(F)(F)F.Cl. The number of nitrogens with two attached hydrogens (primary N) is 1. The Morgan fingerprint density at radius 2 is 1.89 bits per heavy atom. The Morgan fingerprint density at radius 1 is 1.33 bits per heavy atom. The van der Waals surface area contributed by atoms with Gasteiger partial charge >= 0.3 is 6.18 Å². The molecule has 1 aromatic carbocycles. The maximum Gasteiger partial charge on any atom is 0.403 e. The van der Waals surface area contributed by atoms with Gasteiger partial charge in [-0.05, 0) is 6.07 Å². The van der Waals surface area contributed by atoms with Gasteiger partial charge in [0.05, 0.1) is 13.2 Å². The van der Waals surface area contributed by atoms with Crippen LogP contribution in [0.2, 0.25) is 0 Å². The van der Waals surface area contributed by atoms with Crippen LogP contribution in [0.3, 0.4) is 0 Å². The van der Waals surface area contributed by atoms with Gasteiger partial charge in [0.1, 0.15) is 11.8 Å². The number of ether oxygens (including phenoxy) is 1. The third kappa shape index (κ3) is 4.36. The molecule has 0 unspecified atom stereocenters. The highest BCUT2D eigenvalue weighted by atomic mass is 35.5. The highest BCUT2D eigenvalue weighted by Gasteiger charge is 2.38. The fourth-order valence-corrected chi connectivity index (χ4v) is 1.44. The number of alkyl halides is 3. The average molecular weight is 286 g/mol. The van der Waals surface area contributed by atoms with Gasteiger partial charge in [0, 0.05) is 12.0 Å². The molecule has 0 heterocycles. The van der Waals surface area contributed by atoms with E-state index in [2.05, 4.69) is 0 Å². The second-order valence-corrected chi connectivity index (χ2v) is 3.64. The molecule has 7 heteroatoms. The van der Waals surface area contributed by atoms with Gasteiger partial charge in [-0.25, -0.2) is 0 Å². The zero-order valence-electron chi connectivity index (χ0n) is 9.65. The molecule has 0 aliphatic rings. The van der Waals surface area contributed by atoms with Gasteiger partial charge in [-0.1, -0.05) is 18.2 Å². The van der Waals surface area contributed by atoms with Crippen molar-refractivity contribution in [2.75, 3.05) is 7.11 Å². The molecule has 0 radical (unpaired) electrons. The van der Waals surface area contributed by atoms with Crippen LogP contribution < -0.4 is 10.5 Å². The number of para-hydroxylation sites is 1. The molecule has 0 spiro atoms. The lowest BCUT2D eigenvalue weighted by atomic mass is 10.0. The predicted molar refractivity (Wildman–Crippen MR) is 63.8 cm³/mol. The van der Waals surface area contributed by atoms with E-state index in [-0.39, 0.29) is 12.4 Å². The van der Waals surface area contributed by atoms with Gasteiger partial charge in [-0.2, -0.15) is 13.2 Å². The lowest BCUT2D eigenvalue weighted by Crippen LogP contribution is -2.38. The van der Waals surface area contributed by atoms with E-state index in [1.54, 1.807) is 18.2 Å². The first-order valence-corrected chi connectivity index (χ1v) is 4.99. The molecule has 3 N–H and O–H groups in total. The van der Waals surface area contributed by atoms with E-state index >= 15 is 0 Å². The molecule has 3 nitrogen and oxygen atoms in total. The molecule has 0 saturated heterocycles. The van der Waals surface area contributed by atoms with E-state index in [1.165, 1.54) is 13.2 Å². The van der Waals surface area contributed by atoms with Gasteiger partial charge in [0.25, 0.3) is 0 Å². The Kier molecular flexibility index (Phi) is 6.45. The Bertz CT molecular complexity index is 374. The zero-order valence-corrected chi connectivity index (χ0v) is 10.5. The number of methoxy groups -OCH3 is 1. The summed E-state index contributed by atoms with van der Waals surface area (Å²) in [6, 6.07) is 4.30. The van der Waals surface area contributed by atoms with Crippen LogP contribution in [0.4, 0.5) is 13.2 Å². The first kappa shape index (κ1) is 17.0. The number of benzene rings is 1. The van der Waals surface area contributed by atoms with Gasteiger partial charge in [-0.15, -0.1) is 12.4 Å². The van der Waals surface area contributed by atoms with Gasteiger partial charge in [0.15, 0.2) is 0 Å². The molecule has 0 fully saturated rings. The van der Waals surface area contributed by atoms with Crippen molar-refractivity contribution in [3.63, 3.8) is 0 Å². The number of hydrogen-bond acceptors (Lipinski definition) is 3. The molecular formula is C11H15ClF3NO2. The molecule has 104 valence electrons. The smallest absolute Gasteiger partial charge is 0.403 e. The number of rotatable bonds is 4. The van der Waals surface area contributed by atoms with E-state index in [4.69, 9.17) is 10.5 Å². The molecule has 0 saturated carbocycles. The number of aliphatic hydroxyl groups excluding tert-OH is 1. The number of hydrogen-bond donors (Lipinski definition) is 2. The van der Waals surface area contributed by atoms with Crippen LogP contribution in [0.15, 0.2) is 24.3 Å². The number of aliphatic hydroxyl groups is 1. The van der Waals surface area contributed by atoms with Crippen molar-refractivity contribution in [3.05, 3.63) is 29.8 Å². The lowest BCUT2D eigenvalue weighted by Gasteiger charge is -2.20. The molecule has 0 aliphatic heterocycles. The van der Waals surface area contributed by atoms with Crippen molar-refractivity contribution in [2.45, 2.75) is 24.7 Å². The van der Waals surface area contributed by atoms with Crippen molar-refractivity contribution >= 4 is 12.4 Å². The molecule has 0 aliphatic carbocycles. The summed E-state index contributed by atoms with van der Waals surface area (Å²) in [6.07, 6.45) is -6.41. The summed E-state index contributed by atoms with van der Waals surface area (Å²) < 4.78 is 41.7. The Labute approximate surface area is 109 Å². The molecule has 0 aromatic heterocycles. The van der Waals surface area contributed by atoms with E-state index in [0.717, 1.165) is 0 Å².